The number of hydrogen-bond donors (Lipinski definition) is 1. The van der Waals surface area contributed by atoms with Crippen molar-refractivity contribution in [1.29, 1.82) is 0 Å². The van der Waals surface area contributed by atoms with E-state index in [1.54, 1.807) is 4.90 Å². The molecule has 5 aromatic rings. The maximum atomic E-state index is 13.6. The fourth-order valence-corrected chi connectivity index (χ4v) is 5.42. The van der Waals surface area contributed by atoms with Crippen LogP contribution in [0.2, 0.25) is 0 Å². The van der Waals surface area contributed by atoms with Crippen LogP contribution in [0.3, 0.4) is 0 Å². The van der Waals surface area contributed by atoms with Crippen molar-refractivity contribution in [1.82, 2.24) is 9.88 Å². The zero-order valence-electron chi connectivity index (χ0n) is 24.9. The molecule has 0 saturated heterocycles. The van der Waals surface area contributed by atoms with Gasteiger partial charge in [0.05, 0.1) is 0 Å². The normalized spacial score (nSPS) is 13.5. The van der Waals surface area contributed by atoms with E-state index in [4.69, 9.17) is 13.9 Å². The first-order valence-electron chi connectivity index (χ1n) is 14.5. The second kappa shape index (κ2) is 14.8. The number of carbonyl (C=O) groups is 2. The maximum absolute atomic E-state index is 13.6. The number of rotatable bonds is 12. The molecular formula is C35H31N2NaO7. The monoisotopic (exact) mass is 614 g/mol. The number of benzene rings is 4. The van der Waals surface area contributed by atoms with Crippen molar-refractivity contribution in [3.05, 3.63) is 108 Å². The molecule has 1 amide bonds. The molecule has 1 unspecified atom stereocenters. The molecule has 10 heteroatoms. The van der Waals surface area contributed by atoms with Gasteiger partial charge < -0.3 is 33.8 Å². The molecule has 0 saturated carbocycles. The molecule has 0 bridgehead atoms. The Kier molecular flexibility index (Phi) is 10.6. The molecule has 4 aromatic carbocycles. The molecule has 2 atom stereocenters. The second-order valence-corrected chi connectivity index (χ2v) is 10.8. The Morgan fingerprint density at radius 3 is 2.56 bits per heavy atom. The predicted molar refractivity (Wildman–Crippen MR) is 163 cm³/mol. The van der Waals surface area contributed by atoms with Crippen molar-refractivity contribution in [2.75, 3.05) is 13.3 Å². The molecule has 0 radical (unpaired) electrons. The molecule has 0 fully saturated rings. The molecule has 2 heterocycles. The summed E-state index contributed by atoms with van der Waals surface area (Å²) in [7, 11) is 0. The molecule has 224 valence electrons. The Bertz CT molecular complexity index is 1800. The number of carboxylic acid groups (broad SMARTS) is 1. The molecule has 45 heavy (non-hydrogen) atoms. The van der Waals surface area contributed by atoms with E-state index in [1.165, 1.54) is 0 Å². The number of aliphatic hydroxyl groups is 1. The summed E-state index contributed by atoms with van der Waals surface area (Å²) in [5.41, 5.74) is 3.25. The van der Waals surface area contributed by atoms with E-state index >= 15 is 0 Å². The number of aliphatic hydroxyl groups excluding tert-OH is 1. The Morgan fingerprint density at radius 1 is 0.956 bits per heavy atom. The number of aromatic nitrogens is 1. The average Bonchev–Trinajstić information content (AvgIpc) is 3.68. The summed E-state index contributed by atoms with van der Waals surface area (Å²) < 4.78 is 17.0. The van der Waals surface area contributed by atoms with E-state index in [-0.39, 0.29) is 61.8 Å². The first kappa shape index (κ1) is 32.2. The van der Waals surface area contributed by atoms with Crippen LogP contribution < -0.4 is 44.1 Å². The number of para-hydroxylation sites is 2. The molecular weight excluding hydrogens is 583 g/mol. The van der Waals surface area contributed by atoms with Gasteiger partial charge in [0.1, 0.15) is 11.6 Å². The number of aliphatic carboxylic acids is 1. The minimum absolute atomic E-state index is 0. The van der Waals surface area contributed by atoms with Gasteiger partial charge in [0.15, 0.2) is 17.1 Å². The quantitative estimate of drug-likeness (QED) is 0.211. The van der Waals surface area contributed by atoms with Crippen LogP contribution in [0.5, 0.6) is 11.5 Å². The number of fused-ring (bicyclic) bond motifs is 3. The number of carbonyl (C=O) groups excluding carboxylic acids is 2. The van der Waals surface area contributed by atoms with Crippen molar-refractivity contribution in [3.63, 3.8) is 0 Å². The van der Waals surface area contributed by atoms with E-state index in [1.807, 2.05) is 97.1 Å². The van der Waals surface area contributed by atoms with Crippen molar-refractivity contribution >= 4 is 39.8 Å². The molecule has 0 aliphatic carbocycles. The average molecular weight is 615 g/mol. The van der Waals surface area contributed by atoms with Gasteiger partial charge >= 0.3 is 29.6 Å². The Balaban J connectivity index is 0.00000400. The smallest absolute Gasteiger partial charge is 0.550 e. The molecule has 1 aliphatic heterocycles. The van der Waals surface area contributed by atoms with Gasteiger partial charge in [-0.15, -0.1) is 0 Å². The van der Waals surface area contributed by atoms with Gasteiger partial charge in [-0.25, -0.2) is 4.98 Å². The maximum Gasteiger partial charge on any atom is 1.00 e. The third-order valence-corrected chi connectivity index (χ3v) is 7.71. The van der Waals surface area contributed by atoms with E-state index < -0.39 is 24.4 Å². The number of ether oxygens (including phenoxy) is 2. The van der Waals surface area contributed by atoms with E-state index in [2.05, 4.69) is 4.98 Å². The van der Waals surface area contributed by atoms with Crippen LogP contribution in [0.4, 0.5) is 0 Å². The van der Waals surface area contributed by atoms with Crippen LogP contribution in [0.15, 0.2) is 95.4 Å². The first-order chi connectivity index (χ1) is 21.4. The fourth-order valence-electron chi connectivity index (χ4n) is 5.42. The number of nitrogens with zero attached hydrogens (tertiary/aromatic N) is 2. The Labute approximate surface area is 282 Å². The summed E-state index contributed by atoms with van der Waals surface area (Å²) in [5, 5.41) is 23.9. The summed E-state index contributed by atoms with van der Waals surface area (Å²) in [6, 6.07) is 27.1. The molecule has 0 spiro atoms. The van der Waals surface area contributed by atoms with E-state index in [9.17, 15) is 19.8 Å². The second-order valence-electron chi connectivity index (χ2n) is 10.8. The third kappa shape index (κ3) is 7.93. The van der Waals surface area contributed by atoms with Crippen molar-refractivity contribution in [3.8, 4) is 11.5 Å². The molecule has 9 nitrogen and oxygen atoms in total. The van der Waals surface area contributed by atoms with Crippen LogP contribution in [0, 0.1) is 0 Å². The van der Waals surface area contributed by atoms with Crippen molar-refractivity contribution in [2.45, 2.75) is 37.8 Å². The van der Waals surface area contributed by atoms with Crippen LogP contribution >= 0.6 is 0 Å². The van der Waals surface area contributed by atoms with Crippen molar-refractivity contribution < 1.29 is 63.3 Å². The minimum atomic E-state index is -1.49. The minimum Gasteiger partial charge on any atom is -0.550 e. The van der Waals surface area contributed by atoms with Gasteiger partial charge in [0, 0.05) is 25.0 Å². The molecule has 6 rings (SSSR count). The van der Waals surface area contributed by atoms with E-state index in [0.717, 1.165) is 27.4 Å². The fraction of sp³-hybridized carbons (Fsp3) is 0.229. The first-order valence-corrected chi connectivity index (χ1v) is 14.5. The summed E-state index contributed by atoms with van der Waals surface area (Å²) in [6.07, 6.45) is 2.13. The van der Waals surface area contributed by atoms with Crippen LogP contribution in [0.1, 0.15) is 42.2 Å². The zero-order chi connectivity index (χ0) is 30.5. The topological polar surface area (TPSA) is 125 Å². The van der Waals surface area contributed by atoms with Crippen LogP contribution in [0.25, 0.3) is 27.9 Å². The SMILES string of the molecule is O=C([O-])CCC(O)C(=O)N(Cc1ccc2ccccc2c1)C[C@H](C/C=C/c1nc2ccccc2o1)c1ccc2c(c1)OCO2.[Na+]. The van der Waals surface area contributed by atoms with Crippen molar-refractivity contribution in [2.24, 2.45) is 0 Å². The Morgan fingerprint density at radius 2 is 1.73 bits per heavy atom. The van der Waals surface area contributed by atoms with Gasteiger partial charge in [0.25, 0.3) is 5.91 Å². The number of amides is 1. The number of allylic oxidation sites excluding steroid dienone is 1. The zero-order valence-corrected chi connectivity index (χ0v) is 26.9. The summed E-state index contributed by atoms with van der Waals surface area (Å²) >= 11 is 0. The van der Waals surface area contributed by atoms with E-state index in [0.29, 0.717) is 29.4 Å². The third-order valence-electron chi connectivity index (χ3n) is 7.71. The van der Waals surface area contributed by atoms with Gasteiger partial charge in [0.2, 0.25) is 12.7 Å². The summed E-state index contributed by atoms with van der Waals surface area (Å²) in [5.74, 6) is -0.345. The summed E-state index contributed by atoms with van der Waals surface area (Å²) in [6.45, 7) is 0.603. The van der Waals surface area contributed by atoms with Gasteiger partial charge in [-0.1, -0.05) is 60.7 Å². The van der Waals surface area contributed by atoms with Crippen LogP contribution in [-0.4, -0.2) is 46.3 Å². The number of carboxylic acids is 1. The standard InChI is InChI=1S/C35H32N2O7.Na/c38-29(15-17-34(39)40)35(41)37(20-23-12-13-24-6-1-2-7-25(24)18-23)21-27(26-14-16-31-32(19-26)43-22-42-31)8-5-11-33-36-28-9-3-4-10-30(28)44-33;/h1-7,9-14,16,18-19,27,29,38H,8,15,17,20-22H2,(H,39,40);/q;+1/p-1/b11-5+;/t27-,29?;/m0./s1. The number of hydrogen-bond acceptors (Lipinski definition) is 8. The number of oxazole rings is 1. The van der Waals surface area contributed by atoms with Gasteiger partial charge in [-0.05, 0) is 77.6 Å². The Hall–Kier alpha value is -4.15. The molecule has 1 aromatic heterocycles. The largest absolute Gasteiger partial charge is 1.00 e. The van der Waals surface area contributed by atoms with Gasteiger partial charge in [-0.3, -0.25) is 4.79 Å². The predicted octanol–water partition coefficient (Wildman–Crippen LogP) is 1.82. The van der Waals surface area contributed by atoms with Gasteiger partial charge in [-0.2, -0.15) is 0 Å². The molecule has 1 N–H and O–H groups in total. The van der Waals surface area contributed by atoms with Crippen LogP contribution in [-0.2, 0) is 16.1 Å². The summed E-state index contributed by atoms with van der Waals surface area (Å²) in [4.78, 5) is 30.8. The molecule has 1 aliphatic rings.